The fourth-order valence-corrected chi connectivity index (χ4v) is 7.52. The maximum absolute atomic E-state index is 6.17. The first-order chi connectivity index (χ1) is 5.20. The number of hydrogen-bond acceptors (Lipinski definition) is 1. The Hall–Kier alpha value is 0.925. The molecule has 0 N–H and O–H groups in total. The number of halogens is 1. The van der Waals surface area contributed by atoms with Crippen LogP contribution in [0.4, 0.5) is 0 Å². The van der Waals surface area contributed by atoms with Gasteiger partial charge in [-0.25, -0.2) is 0 Å². The predicted octanol–water partition coefficient (Wildman–Crippen LogP) is 2.94. The van der Waals surface area contributed by atoms with Crippen molar-refractivity contribution in [1.29, 1.82) is 0 Å². The minimum atomic E-state index is -2.32. The Kier molecular flexibility index (Phi) is 4.40. The van der Waals surface area contributed by atoms with Crippen molar-refractivity contribution < 1.29 is 30.8 Å². The first-order valence-corrected chi connectivity index (χ1v) is 11.7. The molecule has 1 aliphatic rings. The molecular formula is C8H12ClLaO. The van der Waals surface area contributed by atoms with Gasteiger partial charge in [0.15, 0.2) is 0 Å². The third-order valence-corrected chi connectivity index (χ3v) is 9.91. The predicted molar refractivity (Wildman–Crippen MR) is 43.9 cm³/mol. The Bertz CT molecular complexity index is 187. The molecule has 0 aromatic heterocycles. The van der Waals surface area contributed by atoms with Crippen LogP contribution in [0.5, 0.6) is 0 Å². The Labute approximate surface area is 83.3 Å². The SMILES string of the molecule is CC(C)[O][La]([Cl])[C]1=CC=CC1. The third-order valence-electron chi connectivity index (χ3n) is 1.48. The van der Waals surface area contributed by atoms with E-state index >= 15 is 0 Å². The third kappa shape index (κ3) is 3.43. The minimum absolute atomic E-state index is 0.292. The zero-order valence-electron chi connectivity index (χ0n) is 6.88. The average molecular weight is 299 g/mol. The molecule has 1 nitrogen and oxygen atoms in total. The van der Waals surface area contributed by atoms with Gasteiger partial charge in [0.05, 0.1) is 0 Å². The second-order valence-electron chi connectivity index (χ2n) is 2.87. The van der Waals surface area contributed by atoms with Crippen molar-refractivity contribution in [3.8, 4) is 0 Å². The van der Waals surface area contributed by atoms with Crippen LogP contribution in [0.25, 0.3) is 0 Å². The molecule has 3 heteroatoms. The van der Waals surface area contributed by atoms with E-state index in [4.69, 9.17) is 8.50 Å². The van der Waals surface area contributed by atoms with Crippen LogP contribution in [0.2, 0.25) is 0 Å². The molecule has 0 aliphatic heterocycles. The number of hydrogen-bond donors (Lipinski definition) is 0. The van der Waals surface area contributed by atoms with Crippen molar-refractivity contribution in [2.24, 2.45) is 0 Å². The van der Waals surface area contributed by atoms with Crippen molar-refractivity contribution in [3.63, 3.8) is 0 Å². The van der Waals surface area contributed by atoms with Crippen LogP contribution in [-0.4, -0.2) is 6.10 Å². The van der Waals surface area contributed by atoms with E-state index in [9.17, 15) is 0 Å². The van der Waals surface area contributed by atoms with Crippen molar-refractivity contribution in [3.05, 3.63) is 20.2 Å². The summed E-state index contributed by atoms with van der Waals surface area (Å²) in [7, 11) is 0. The molecule has 0 unspecified atom stereocenters. The van der Waals surface area contributed by atoms with E-state index < -0.39 is 29.1 Å². The molecule has 1 aliphatic carbocycles. The van der Waals surface area contributed by atoms with E-state index in [2.05, 4.69) is 18.2 Å². The summed E-state index contributed by atoms with van der Waals surface area (Å²) in [5, 5.41) is 0. The van der Waals surface area contributed by atoms with Gasteiger partial charge in [0.2, 0.25) is 0 Å². The van der Waals surface area contributed by atoms with E-state index in [-0.39, 0.29) is 0 Å². The van der Waals surface area contributed by atoms with Crippen molar-refractivity contribution in [2.75, 3.05) is 0 Å². The first-order valence-electron chi connectivity index (χ1n) is 3.85. The van der Waals surface area contributed by atoms with Gasteiger partial charge in [-0.2, -0.15) is 0 Å². The molecule has 0 radical (unpaired) electrons. The van der Waals surface area contributed by atoms with Gasteiger partial charge >= 0.3 is 84.2 Å². The number of rotatable bonds is 3. The summed E-state index contributed by atoms with van der Waals surface area (Å²) < 4.78 is 6.99. The van der Waals surface area contributed by atoms with Crippen LogP contribution in [0, 0.1) is 29.1 Å². The fraction of sp³-hybridized carbons (Fsp3) is 0.500. The van der Waals surface area contributed by atoms with Crippen molar-refractivity contribution in [1.82, 2.24) is 0 Å². The molecule has 0 saturated carbocycles. The van der Waals surface area contributed by atoms with E-state index in [0.29, 0.717) is 6.10 Å². The fourth-order valence-electron chi connectivity index (χ4n) is 0.958. The molecule has 0 aromatic carbocycles. The summed E-state index contributed by atoms with van der Waals surface area (Å²) in [5.74, 6) is 0. The molecular weight excluding hydrogens is 286 g/mol. The number of allylic oxidation sites excluding steroid dienone is 4. The quantitative estimate of drug-likeness (QED) is 0.778. The molecule has 0 bridgehead atoms. The molecule has 0 saturated heterocycles. The Balaban J connectivity index is 2.36. The van der Waals surface area contributed by atoms with E-state index in [1.165, 1.54) is 1.98 Å². The van der Waals surface area contributed by atoms with Crippen LogP contribution in [0.15, 0.2) is 20.2 Å². The second-order valence-corrected chi connectivity index (χ2v) is 10.9. The molecule has 0 spiro atoms. The molecule has 60 valence electrons. The van der Waals surface area contributed by atoms with Gasteiger partial charge in [-0.05, 0) is 0 Å². The van der Waals surface area contributed by atoms with Crippen LogP contribution in [-0.2, 0) is 1.70 Å². The van der Waals surface area contributed by atoms with Crippen LogP contribution >= 0.6 is 6.79 Å². The monoisotopic (exact) mass is 298 g/mol. The second kappa shape index (κ2) is 4.83. The Morgan fingerprint density at radius 1 is 1.64 bits per heavy atom. The molecule has 0 heterocycles. The van der Waals surface area contributed by atoms with Gasteiger partial charge in [0.25, 0.3) is 0 Å². The summed E-state index contributed by atoms with van der Waals surface area (Å²) in [4.78, 5) is 0. The topological polar surface area (TPSA) is 9.23 Å². The summed E-state index contributed by atoms with van der Waals surface area (Å²) in [6.45, 7) is 10.3. The summed E-state index contributed by atoms with van der Waals surface area (Å²) in [6.07, 6.45) is 7.63. The van der Waals surface area contributed by atoms with E-state index in [1.54, 1.807) is 0 Å². The van der Waals surface area contributed by atoms with Gasteiger partial charge in [-0.3, -0.25) is 0 Å². The molecule has 1 rings (SSSR count). The van der Waals surface area contributed by atoms with Gasteiger partial charge in [0, 0.05) is 0 Å². The normalized spacial score (nSPS) is 15.8. The van der Waals surface area contributed by atoms with Crippen LogP contribution < -0.4 is 0 Å². The van der Waals surface area contributed by atoms with E-state index in [0.717, 1.165) is 6.42 Å². The maximum atomic E-state index is 6.17. The van der Waals surface area contributed by atoms with Gasteiger partial charge in [0.1, 0.15) is 0 Å². The Morgan fingerprint density at radius 2 is 2.36 bits per heavy atom. The van der Waals surface area contributed by atoms with Crippen LogP contribution in [0.3, 0.4) is 0 Å². The summed E-state index contributed by atoms with van der Waals surface area (Å²) in [6, 6.07) is 0. The van der Waals surface area contributed by atoms with Crippen molar-refractivity contribution >= 4 is 6.79 Å². The molecule has 0 aromatic rings. The zero-order valence-corrected chi connectivity index (χ0v) is 11.3. The zero-order chi connectivity index (χ0) is 8.27. The van der Waals surface area contributed by atoms with Gasteiger partial charge in [-0.15, -0.1) is 0 Å². The van der Waals surface area contributed by atoms with Crippen molar-refractivity contribution in [2.45, 2.75) is 26.4 Å². The Morgan fingerprint density at radius 3 is 2.82 bits per heavy atom. The molecule has 0 amide bonds. The van der Waals surface area contributed by atoms with Gasteiger partial charge in [-0.1, -0.05) is 0 Å². The van der Waals surface area contributed by atoms with Crippen LogP contribution in [0.1, 0.15) is 20.3 Å². The molecule has 0 atom stereocenters. The van der Waals surface area contributed by atoms with E-state index in [1.807, 2.05) is 13.8 Å². The average Bonchev–Trinajstić information content (AvgIpc) is 2.35. The summed E-state index contributed by atoms with van der Waals surface area (Å²) >= 11 is -2.32. The van der Waals surface area contributed by atoms with Gasteiger partial charge < -0.3 is 0 Å². The molecule has 11 heavy (non-hydrogen) atoms. The first kappa shape index (κ1) is 10.0. The summed E-state index contributed by atoms with van der Waals surface area (Å²) in [5.41, 5.74) is 0. The molecule has 0 fully saturated rings. The standard InChI is InChI=1S/C5H5.C3H7O.ClH.La/c1-2-4-5-3-1;1-3(2)4;;/h1-3H,4H2;3H,1-2H3;1H;/q;-1;;+2/p-1.